The van der Waals surface area contributed by atoms with Gasteiger partial charge in [0.15, 0.2) is 0 Å². The van der Waals surface area contributed by atoms with E-state index in [4.69, 9.17) is 5.73 Å². The molecule has 1 heterocycles. The zero-order valence-corrected chi connectivity index (χ0v) is 10.5. The van der Waals surface area contributed by atoms with Crippen LogP contribution in [0.3, 0.4) is 0 Å². The van der Waals surface area contributed by atoms with E-state index in [0.717, 1.165) is 38.3 Å². The summed E-state index contributed by atoms with van der Waals surface area (Å²) in [6, 6.07) is 8.61. The second kappa shape index (κ2) is 5.23. The minimum absolute atomic E-state index is 0.723. The Morgan fingerprint density at radius 2 is 2.00 bits per heavy atom. The van der Waals surface area contributed by atoms with Gasteiger partial charge in [-0.2, -0.15) is 0 Å². The Bertz CT molecular complexity index is 392. The average Bonchev–Trinajstić information content (AvgIpc) is 2.29. The minimum Gasteiger partial charge on any atom is -0.402 e. The molecule has 1 saturated heterocycles. The molecule has 1 fully saturated rings. The highest BCUT2D eigenvalue weighted by atomic mass is 15.2. The normalized spacial score (nSPS) is 17.1. The van der Waals surface area contributed by atoms with E-state index in [2.05, 4.69) is 47.7 Å². The van der Waals surface area contributed by atoms with Crippen molar-refractivity contribution < 1.29 is 0 Å². The Morgan fingerprint density at radius 1 is 1.29 bits per heavy atom. The number of nitrogens with two attached hydrogens (primary N) is 1. The van der Waals surface area contributed by atoms with Gasteiger partial charge >= 0.3 is 0 Å². The SMILES string of the molecule is C=C(N)Cc1cccc(N2CCN(C)CC2)c1. The molecule has 1 aromatic carbocycles. The monoisotopic (exact) mass is 231 g/mol. The van der Waals surface area contributed by atoms with Crippen LogP contribution in [0, 0.1) is 0 Å². The molecule has 2 N–H and O–H groups in total. The molecule has 0 aliphatic carbocycles. The van der Waals surface area contributed by atoms with Gasteiger partial charge in [0.05, 0.1) is 0 Å². The van der Waals surface area contributed by atoms with E-state index in [1.165, 1.54) is 11.3 Å². The van der Waals surface area contributed by atoms with Crippen LogP contribution in [-0.4, -0.2) is 38.1 Å². The number of likely N-dealkylation sites (N-methyl/N-ethyl adjacent to an activating group) is 1. The van der Waals surface area contributed by atoms with E-state index >= 15 is 0 Å². The molecule has 1 aromatic rings. The van der Waals surface area contributed by atoms with Crippen molar-refractivity contribution in [1.82, 2.24) is 4.90 Å². The number of piperazine rings is 1. The number of allylic oxidation sites excluding steroid dienone is 1. The summed E-state index contributed by atoms with van der Waals surface area (Å²) < 4.78 is 0. The van der Waals surface area contributed by atoms with Crippen molar-refractivity contribution in [3.63, 3.8) is 0 Å². The standard InChI is InChI=1S/C14H21N3/c1-12(15)10-13-4-3-5-14(11-13)17-8-6-16(2)7-9-17/h3-5,11H,1,6-10,15H2,2H3. The van der Waals surface area contributed by atoms with Crippen molar-refractivity contribution >= 4 is 5.69 Å². The number of hydrogen-bond donors (Lipinski definition) is 1. The summed E-state index contributed by atoms with van der Waals surface area (Å²) in [5, 5.41) is 0. The molecule has 1 aliphatic heterocycles. The molecule has 2 rings (SSSR count). The first-order chi connectivity index (χ1) is 8.15. The summed E-state index contributed by atoms with van der Waals surface area (Å²) in [4.78, 5) is 4.80. The molecule has 1 aliphatic rings. The zero-order valence-electron chi connectivity index (χ0n) is 10.5. The molecule has 92 valence electrons. The van der Waals surface area contributed by atoms with Crippen molar-refractivity contribution in [3.8, 4) is 0 Å². The molecule has 0 aromatic heterocycles. The lowest BCUT2D eigenvalue weighted by molar-refractivity contribution is 0.313. The van der Waals surface area contributed by atoms with E-state index in [9.17, 15) is 0 Å². The van der Waals surface area contributed by atoms with Gasteiger partial charge in [-0.1, -0.05) is 18.7 Å². The quantitative estimate of drug-likeness (QED) is 0.854. The largest absolute Gasteiger partial charge is 0.402 e. The summed E-state index contributed by atoms with van der Waals surface area (Å²) in [6.45, 7) is 8.23. The summed E-state index contributed by atoms with van der Waals surface area (Å²) in [5.41, 5.74) is 8.93. The van der Waals surface area contributed by atoms with Crippen LogP contribution in [0.15, 0.2) is 36.5 Å². The number of benzene rings is 1. The predicted octanol–water partition coefficient (Wildman–Crippen LogP) is 1.45. The smallest absolute Gasteiger partial charge is 0.0369 e. The molecule has 17 heavy (non-hydrogen) atoms. The predicted molar refractivity (Wildman–Crippen MR) is 73.2 cm³/mol. The van der Waals surface area contributed by atoms with E-state index in [0.29, 0.717) is 0 Å². The maximum Gasteiger partial charge on any atom is 0.0369 e. The van der Waals surface area contributed by atoms with Crippen LogP contribution in [0.5, 0.6) is 0 Å². The van der Waals surface area contributed by atoms with Crippen LogP contribution < -0.4 is 10.6 Å². The van der Waals surface area contributed by atoms with Gasteiger partial charge in [-0.3, -0.25) is 0 Å². The lowest BCUT2D eigenvalue weighted by atomic mass is 10.1. The molecule has 0 bridgehead atoms. The molecule has 0 spiro atoms. The maximum absolute atomic E-state index is 5.66. The fourth-order valence-electron chi connectivity index (χ4n) is 2.19. The Labute approximate surface area is 104 Å². The van der Waals surface area contributed by atoms with Crippen LogP contribution in [0.4, 0.5) is 5.69 Å². The van der Waals surface area contributed by atoms with Crippen LogP contribution in [-0.2, 0) is 6.42 Å². The van der Waals surface area contributed by atoms with Crippen LogP contribution in [0.1, 0.15) is 5.56 Å². The third-order valence-electron chi connectivity index (χ3n) is 3.21. The molecular weight excluding hydrogens is 210 g/mol. The maximum atomic E-state index is 5.66. The van der Waals surface area contributed by atoms with Crippen LogP contribution in [0.2, 0.25) is 0 Å². The highest BCUT2D eigenvalue weighted by molar-refractivity contribution is 5.49. The van der Waals surface area contributed by atoms with Gasteiger partial charge in [-0.25, -0.2) is 0 Å². The average molecular weight is 231 g/mol. The zero-order chi connectivity index (χ0) is 12.3. The summed E-state index contributed by atoms with van der Waals surface area (Å²) in [6.07, 6.45) is 0.765. The lowest BCUT2D eigenvalue weighted by Gasteiger charge is -2.34. The van der Waals surface area contributed by atoms with Crippen molar-refractivity contribution in [2.45, 2.75) is 6.42 Å². The molecule has 0 amide bonds. The van der Waals surface area contributed by atoms with Crippen LogP contribution in [0.25, 0.3) is 0 Å². The van der Waals surface area contributed by atoms with Gasteiger partial charge in [0.1, 0.15) is 0 Å². The highest BCUT2D eigenvalue weighted by Crippen LogP contribution is 2.18. The van der Waals surface area contributed by atoms with Crippen molar-refractivity contribution in [2.75, 3.05) is 38.1 Å². The van der Waals surface area contributed by atoms with Gasteiger partial charge in [0.2, 0.25) is 0 Å². The molecule has 3 nitrogen and oxygen atoms in total. The fourth-order valence-corrected chi connectivity index (χ4v) is 2.19. The first-order valence-electron chi connectivity index (χ1n) is 6.11. The first-order valence-corrected chi connectivity index (χ1v) is 6.11. The summed E-state index contributed by atoms with van der Waals surface area (Å²) in [5.74, 6) is 0. The van der Waals surface area contributed by atoms with Crippen LogP contribution >= 0.6 is 0 Å². The topological polar surface area (TPSA) is 32.5 Å². The number of rotatable bonds is 3. The summed E-state index contributed by atoms with van der Waals surface area (Å²) >= 11 is 0. The molecular formula is C14H21N3. The van der Waals surface area contributed by atoms with Gasteiger partial charge in [-0.15, -0.1) is 0 Å². The van der Waals surface area contributed by atoms with Gasteiger partial charge < -0.3 is 15.5 Å². The second-order valence-corrected chi connectivity index (χ2v) is 4.80. The molecule has 0 saturated carbocycles. The van der Waals surface area contributed by atoms with E-state index in [1.807, 2.05) is 0 Å². The van der Waals surface area contributed by atoms with Gasteiger partial charge in [-0.05, 0) is 24.7 Å². The lowest BCUT2D eigenvalue weighted by Crippen LogP contribution is -2.44. The van der Waals surface area contributed by atoms with Crippen molar-refractivity contribution in [3.05, 3.63) is 42.1 Å². The number of nitrogens with zero attached hydrogens (tertiary/aromatic N) is 2. The molecule has 3 heteroatoms. The summed E-state index contributed by atoms with van der Waals surface area (Å²) in [7, 11) is 2.17. The molecule has 0 radical (unpaired) electrons. The van der Waals surface area contributed by atoms with Gasteiger partial charge in [0, 0.05) is 44.0 Å². The third kappa shape index (κ3) is 3.24. The second-order valence-electron chi connectivity index (χ2n) is 4.80. The Morgan fingerprint density at radius 3 is 2.65 bits per heavy atom. The van der Waals surface area contributed by atoms with Crippen molar-refractivity contribution in [1.29, 1.82) is 0 Å². The highest BCUT2D eigenvalue weighted by Gasteiger charge is 2.14. The Kier molecular flexibility index (Phi) is 3.69. The fraction of sp³-hybridized carbons (Fsp3) is 0.429. The Balaban J connectivity index is 2.07. The molecule has 0 atom stereocenters. The van der Waals surface area contributed by atoms with Gasteiger partial charge in [0.25, 0.3) is 0 Å². The van der Waals surface area contributed by atoms with Crippen molar-refractivity contribution in [2.24, 2.45) is 5.73 Å². The number of anilines is 1. The van der Waals surface area contributed by atoms with E-state index < -0.39 is 0 Å². The molecule has 0 unspecified atom stereocenters. The minimum atomic E-state index is 0.723. The Hall–Kier alpha value is -1.48. The third-order valence-corrected chi connectivity index (χ3v) is 3.21. The van der Waals surface area contributed by atoms with E-state index in [1.54, 1.807) is 0 Å². The first kappa shape index (κ1) is 12.0. The number of hydrogen-bond acceptors (Lipinski definition) is 3. The van der Waals surface area contributed by atoms with E-state index in [-0.39, 0.29) is 0 Å².